The van der Waals surface area contributed by atoms with Crippen LogP contribution in [0.15, 0.2) is 12.1 Å². The van der Waals surface area contributed by atoms with Gasteiger partial charge in [0, 0.05) is 19.1 Å². The summed E-state index contributed by atoms with van der Waals surface area (Å²) in [5.41, 5.74) is 0.568. The fraction of sp³-hybridized carbons (Fsp3) is 0.467. The summed E-state index contributed by atoms with van der Waals surface area (Å²) in [6.07, 6.45) is 3.18. The molecule has 1 saturated carbocycles. The molecule has 0 atom stereocenters. The number of methoxy groups -OCH3 is 1. The van der Waals surface area contributed by atoms with Crippen molar-refractivity contribution in [3.8, 4) is 5.75 Å². The zero-order chi connectivity index (χ0) is 15.0. The first-order chi connectivity index (χ1) is 10.0. The highest BCUT2D eigenvalue weighted by Gasteiger charge is 2.39. The molecule has 1 N–H and O–H groups in total. The number of fused-ring (bicyclic) bond motifs is 1. The number of anilines is 1. The highest BCUT2D eigenvalue weighted by atomic mass is 35.5. The highest BCUT2D eigenvalue weighted by Crippen LogP contribution is 2.40. The highest BCUT2D eigenvalue weighted by molar-refractivity contribution is 6.34. The molecule has 0 aromatic heterocycles. The Kier molecular flexibility index (Phi) is 3.63. The van der Waals surface area contributed by atoms with Crippen LogP contribution in [-0.4, -0.2) is 31.0 Å². The summed E-state index contributed by atoms with van der Waals surface area (Å²) in [6, 6.07) is 3.16. The molecule has 0 bridgehead atoms. The largest absolute Gasteiger partial charge is 0.482 e. The fourth-order valence-corrected chi connectivity index (χ4v) is 2.99. The second kappa shape index (κ2) is 5.31. The van der Waals surface area contributed by atoms with Crippen molar-refractivity contribution in [1.82, 2.24) is 0 Å². The lowest BCUT2D eigenvalue weighted by Gasteiger charge is -2.40. The van der Waals surface area contributed by atoms with Gasteiger partial charge in [-0.1, -0.05) is 11.6 Å². The van der Waals surface area contributed by atoms with Gasteiger partial charge in [0.2, 0.25) is 0 Å². The van der Waals surface area contributed by atoms with Crippen LogP contribution in [-0.2, 0) is 9.53 Å². The molecule has 1 aliphatic heterocycles. The van der Waals surface area contributed by atoms with Crippen LogP contribution in [0, 0.1) is 0 Å². The number of amides is 1. The predicted molar refractivity (Wildman–Crippen MR) is 78.1 cm³/mol. The first-order valence-corrected chi connectivity index (χ1v) is 7.25. The van der Waals surface area contributed by atoms with E-state index in [2.05, 4.69) is 5.32 Å². The lowest BCUT2D eigenvalue weighted by molar-refractivity contribution is -0.118. The number of nitrogens with one attached hydrogen (secondary N) is 1. The molecule has 1 aromatic rings. The summed E-state index contributed by atoms with van der Waals surface area (Å²) in [7, 11) is 1.64. The standard InChI is InChI=1S/C15H16ClNO4/c1-20-15(3-2-4-15)7-12(18)9-5-13-11(6-10(9)16)17-14(19)8-21-13/h5-6H,2-4,7-8H2,1H3,(H,17,19). The molecule has 112 valence electrons. The van der Waals surface area contributed by atoms with Gasteiger partial charge in [-0.3, -0.25) is 9.59 Å². The molecule has 5 nitrogen and oxygen atoms in total. The van der Waals surface area contributed by atoms with Gasteiger partial charge in [-0.25, -0.2) is 0 Å². The average molecular weight is 310 g/mol. The number of Topliss-reactive ketones (excluding diaryl/α,β-unsaturated/α-hetero) is 1. The summed E-state index contributed by atoms with van der Waals surface area (Å²) in [4.78, 5) is 23.7. The van der Waals surface area contributed by atoms with Crippen molar-refractivity contribution in [2.45, 2.75) is 31.3 Å². The molecule has 1 heterocycles. The molecule has 21 heavy (non-hydrogen) atoms. The molecular formula is C15H16ClNO4. The zero-order valence-corrected chi connectivity index (χ0v) is 12.5. The second-order valence-electron chi connectivity index (χ2n) is 5.51. The number of ketones is 1. The Morgan fingerprint density at radius 2 is 2.24 bits per heavy atom. The Bertz CT molecular complexity index is 604. The van der Waals surface area contributed by atoms with Crippen LogP contribution >= 0.6 is 11.6 Å². The maximum absolute atomic E-state index is 12.5. The normalized spacial score (nSPS) is 19.0. The van der Waals surface area contributed by atoms with Gasteiger partial charge in [0.05, 0.1) is 16.3 Å². The van der Waals surface area contributed by atoms with Gasteiger partial charge in [-0.05, 0) is 31.4 Å². The van der Waals surface area contributed by atoms with E-state index in [-0.39, 0.29) is 23.9 Å². The van der Waals surface area contributed by atoms with Crippen LogP contribution in [0.4, 0.5) is 5.69 Å². The number of rotatable bonds is 4. The minimum Gasteiger partial charge on any atom is -0.482 e. The molecule has 1 aromatic carbocycles. The maximum Gasteiger partial charge on any atom is 0.262 e. The Morgan fingerprint density at radius 1 is 1.48 bits per heavy atom. The topological polar surface area (TPSA) is 64.6 Å². The monoisotopic (exact) mass is 309 g/mol. The summed E-state index contributed by atoms with van der Waals surface area (Å²) in [6.45, 7) is -0.0513. The molecule has 0 unspecified atom stereocenters. The molecular weight excluding hydrogens is 294 g/mol. The Balaban J connectivity index is 1.85. The third kappa shape index (κ3) is 2.63. The summed E-state index contributed by atoms with van der Waals surface area (Å²) >= 11 is 6.17. The van der Waals surface area contributed by atoms with Gasteiger partial charge in [0.25, 0.3) is 5.91 Å². The lowest BCUT2D eigenvalue weighted by Crippen LogP contribution is -2.41. The number of carbonyl (C=O) groups is 2. The maximum atomic E-state index is 12.5. The molecule has 2 aliphatic rings. The first kappa shape index (κ1) is 14.4. The molecule has 1 amide bonds. The number of ether oxygens (including phenoxy) is 2. The fourth-order valence-electron chi connectivity index (χ4n) is 2.73. The van der Waals surface area contributed by atoms with E-state index in [1.165, 1.54) is 0 Å². The third-order valence-electron chi connectivity index (χ3n) is 4.18. The van der Waals surface area contributed by atoms with Crippen molar-refractivity contribution in [3.63, 3.8) is 0 Å². The van der Waals surface area contributed by atoms with Gasteiger partial charge >= 0.3 is 0 Å². The number of benzene rings is 1. The second-order valence-corrected chi connectivity index (χ2v) is 5.91. The van der Waals surface area contributed by atoms with Crippen LogP contribution in [0.2, 0.25) is 5.02 Å². The molecule has 6 heteroatoms. The molecule has 0 radical (unpaired) electrons. The van der Waals surface area contributed by atoms with Crippen molar-refractivity contribution < 1.29 is 19.1 Å². The van der Waals surface area contributed by atoms with Gasteiger partial charge in [0.15, 0.2) is 12.4 Å². The van der Waals surface area contributed by atoms with Gasteiger partial charge in [-0.2, -0.15) is 0 Å². The zero-order valence-electron chi connectivity index (χ0n) is 11.7. The number of hydrogen-bond donors (Lipinski definition) is 1. The molecule has 1 fully saturated rings. The number of halogens is 1. The third-order valence-corrected chi connectivity index (χ3v) is 4.50. The minimum atomic E-state index is -0.342. The average Bonchev–Trinajstić information content (AvgIpc) is 2.41. The quantitative estimate of drug-likeness (QED) is 0.869. The summed E-state index contributed by atoms with van der Waals surface area (Å²) in [5.74, 6) is 0.178. The van der Waals surface area contributed by atoms with E-state index in [4.69, 9.17) is 21.1 Å². The minimum absolute atomic E-state index is 0.0513. The van der Waals surface area contributed by atoms with Crippen molar-refractivity contribution in [3.05, 3.63) is 22.7 Å². The van der Waals surface area contributed by atoms with Crippen molar-refractivity contribution in [2.24, 2.45) is 0 Å². The Labute approximate surface area is 127 Å². The van der Waals surface area contributed by atoms with E-state index in [0.717, 1.165) is 19.3 Å². The van der Waals surface area contributed by atoms with Crippen LogP contribution in [0.3, 0.4) is 0 Å². The lowest BCUT2D eigenvalue weighted by atomic mass is 9.76. The molecule has 0 saturated heterocycles. The van der Waals surface area contributed by atoms with Crippen molar-refractivity contribution >= 4 is 29.0 Å². The molecule has 1 aliphatic carbocycles. The summed E-state index contributed by atoms with van der Waals surface area (Å²) < 4.78 is 10.8. The van der Waals surface area contributed by atoms with Crippen molar-refractivity contribution in [1.29, 1.82) is 0 Å². The van der Waals surface area contributed by atoms with Gasteiger partial charge in [0.1, 0.15) is 5.75 Å². The van der Waals surface area contributed by atoms with Crippen LogP contribution in [0.1, 0.15) is 36.0 Å². The Hall–Kier alpha value is -1.59. The van der Waals surface area contributed by atoms with E-state index in [0.29, 0.717) is 28.4 Å². The smallest absolute Gasteiger partial charge is 0.262 e. The van der Waals surface area contributed by atoms with Crippen LogP contribution in [0.5, 0.6) is 5.75 Å². The Morgan fingerprint density at radius 3 is 2.86 bits per heavy atom. The number of carbonyl (C=O) groups excluding carboxylic acids is 2. The predicted octanol–water partition coefficient (Wildman–Crippen LogP) is 2.81. The van der Waals surface area contributed by atoms with Crippen LogP contribution < -0.4 is 10.1 Å². The van der Waals surface area contributed by atoms with E-state index >= 15 is 0 Å². The van der Waals surface area contributed by atoms with E-state index in [9.17, 15) is 9.59 Å². The molecule has 0 spiro atoms. The van der Waals surface area contributed by atoms with Gasteiger partial charge < -0.3 is 14.8 Å². The van der Waals surface area contributed by atoms with Crippen LogP contribution in [0.25, 0.3) is 0 Å². The van der Waals surface area contributed by atoms with Gasteiger partial charge in [-0.15, -0.1) is 0 Å². The summed E-state index contributed by atoms with van der Waals surface area (Å²) in [5, 5.41) is 2.98. The first-order valence-electron chi connectivity index (χ1n) is 6.87. The van der Waals surface area contributed by atoms with E-state index < -0.39 is 0 Å². The van der Waals surface area contributed by atoms with E-state index in [1.807, 2.05) is 0 Å². The number of hydrogen-bond acceptors (Lipinski definition) is 4. The van der Waals surface area contributed by atoms with Crippen molar-refractivity contribution in [2.75, 3.05) is 19.0 Å². The van der Waals surface area contributed by atoms with E-state index in [1.54, 1.807) is 19.2 Å². The SMILES string of the molecule is COC1(CC(=O)c2cc3c(cc2Cl)NC(=O)CO3)CCC1. The molecule has 3 rings (SSSR count).